The van der Waals surface area contributed by atoms with Gasteiger partial charge in [-0.15, -0.1) is 5.10 Å². The Hall–Kier alpha value is -4.00. The van der Waals surface area contributed by atoms with Crippen molar-refractivity contribution in [2.24, 2.45) is 0 Å². The van der Waals surface area contributed by atoms with Crippen LogP contribution in [0.1, 0.15) is 10.4 Å². The summed E-state index contributed by atoms with van der Waals surface area (Å²) in [4.78, 5) is 12.6. The van der Waals surface area contributed by atoms with Gasteiger partial charge in [-0.1, -0.05) is 17.3 Å². The number of nitrogens with one attached hydrogen (secondary N) is 1. The predicted molar refractivity (Wildman–Crippen MR) is 108 cm³/mol. The topological polar surface area (TPSA) is 69.0 Å². The smallest absolute Gasteiger partial charge is 0.255 e. The molecule has 0 atom stereocenters. The molecule has 1 heterocycles. The number of methoxy groups -OCH3 is 1. The number of anilines is 1. The Kier molecular flexibility index (Phi) is 5.03. The van der Waals surface area contributed by atoms with E-state index in [4.69, 9.17) is 4.74 Å². The lowest BCUT2D eigenvalue weighted by Crippen LogP contribution is -2.12. The summed E-state index contributed by atoms with van der Waals surface area (Å²) >= 11 is 0. The third-order valence-corrected chi connectivity index (χ3v) is 4.42. The predicted octanol–water partition coefficient (Wildman–Crippen LogP) is 4.33. The highest BCUT2D eigenvalue weighted by molar-refractivity contribution is 6.05. The van der Waals surface area contributed by atoms with E-state index >= 15 is 0 Å². The number of hydrogen-bond donors (Lipinski definition) is 1. The first-order valence-corrected chi connectivity index (χ1v) is 8.87. The minimum Gasteiger partial charge on any atom is -0.495 e. The lowest BCUT2D eigenvalue weighted by Gasteiger charge is -2.10. The first-order valence-electron chi connectivity index (χ1n) is 8.87. The third kappa shape index (κ3) is 3.84. The van der Waals surface area contributed by atoms with Gasteiger partial charge in [0.2, 0.25) is 0 Å². The Morgan fingerprint density at radius 2 is 1.72 bits per heavy atom. The van der Waals surface area contributed by atoms with E-state index < -0.39 is 0 Å². The maximum Gasteiger partial charge on any atom is 0.255 e. The van der Waals surface area contributed by atoms with Gasteiger partial charge in [-0.2, -0.15) is 0 Å². The molecule has 0 saturated carbocycles. The Labute approximate surface area is 166 Å². The van der Waals surface area contributed by atoms with Crippen molar-refractivity contribution in [3.63, 3.8) is 0 Å². The van der Waals surface area contributed by atoms with E-state index in [1.54, 1.807) is 66.5 Å². The van der Waals surface area contributed by atoms with Gasteiger partial charge in [0, 0.05) is 11.1 Å². The summed E-state index contributed by atoms with van der Waals surface area (Å²) in [7, 11) is 1.55. The number of hydrogen-bond acceptors (Lipinski definition) is 4. The van der Waals surface area contributed by atoms with Crippen LogP contribution in [0, 0.1) is 5.82 Å². The monoisotopic (exact) mass is 388 g/mol. The summed E-state index contributed by atoms with van der Waals surface area (Å²) in [6.07, 6.45) is 1.61. The lowest BCUT2D eigenvalue weighted by atomic mass is 10.1. The molecule has 0 aliphatic heterocycles. The van der Waals surface area contributed by atoms with Crippen LogP contribution in [0.15, 0.2) is 79.0 Å². The molecule has 0 spiro atoms. The highest BCUT2D eigenvalue weighted by Crippen LogP contribution is 2.25. The molecule has 1 amide bonds. The molecule has 0 bridgehead atoms. The Balaban J connectivity index is 1.57. The minimum atomic E-state index is -0.307. The molecule has 3 aromatic carbocycles. The second kappa shape index (κ2) is 7.93. The van der Waals surface area contributed by atoms with Crippen molar-refractivity contribution in [2.45, 2.75) is 0 Å². The molecule has 0 fully saturated rings. The van der Waals surface area contributed by atoms with Gasteiger partial charge in [0.1, 0.15) is 11.6 Å². The van der Waals surface area contributed by atoms with Crippen molar-refractivity contribution in [1.29, 1.82) is 0 Å². The number of ether oxygens (including phenoxy) is 1. The molecule has 29 heavy (non-hydrogen) atoms. The zero-order valence-electron chi connectivity index (χ0n) is 15.5. The molecule has 0 saturated heterocycles. The van der Waals surface area contributed by atoms with Crippen molar-refractivity contribution in [3.05, 3.63) is 90.4 Å². The van der Waals surface area contributed by atoms with Gasteiger partial charge in [0.05, 0.1) is 30.4 Å². The quantitative estimate of drug-likeness (QED) is 0.552. The van der Waals surface area contributed by atoms with Crippen LogP contribution in [0.3, 0.4) is 0 Å². The minimum absolute atomic E-state index is 0.251. The maximum absolute atomic E-state index is 13.2. The molecule has 0 radical (unpaired) electrons. The van der Waals surface area contributed by atoms with Crippen molar-refractivity contribution in [2.75, 3.05) is 12.4 Å². The van der Waals surface area contributed by atoms with E-state index in [9.17, 15) is 9.18 Å². The van der Waals surface area contributed by atoms with E-state index in [-0.39, 0.29) is 11.7 Å². The molecule has 4 rings (SSSR count). The number of aromatic nitrogens is 3. The van der Waals surface area contributed by atoms with E-state index in [2.05, 4.69) is 15.6 Å². The molecule has 0 unspecified atom stereocenters. The number of benzene rings is 3. The van der Waals surface area contributed by atoms with Gasteiger partial charge in [0.25, 0.3) is 5.91 Å². The zero-order chi connectivity index (χ0) is 20.2. The van der Waals surface area contributed by atoms with Crippen LogP contribution in [-0.2, 0) is 0 Å². The summed E-state index contributed by atoms with van der Waals surface area (Å²) in [5.41, 5.74) is 3.32. The first kappa shape index (κ1) is 18.4. The SMILES string of the molecule is COc1ccccc1NC(=O)c1ccc(-n2nncc2-c2ccc(F)cc2)cc1. The van der Waals surface area contributed by atoms with Gasteiger partial charge in [-0.3, -0.25) is 4.79 Å². The van der Waals surface area contributed by atoms with Crippen LogP contribution in [0.4, 0.5) is 10.1 Å². The molecule has 1 N–H and O–H groups in total. The summed E-state index contributed by atoms with van der Waals surface area (Å²) < 4.78 is 20.1. The van der Waals surface area contributed by atoms with Crippen molar-refractivity contribution in [3.8, 4) is 22.7 Å². The van der Waals surface area contributed by atoms with Gasteiger partial charge >= 0.3 is 0 Å². The molecule has 144 valence electrons. The van der Waals surface area contributed by atoms with Crippen LogP contribution in [0.5, 0.6) is 5.75 Å². The summed E-state index contributed by atoms with van der Waals surface area (Å²) in [5.74, 6) is 0.0283. The molecule has 0 aliphatic carbocycles. The first-order chi connectivity index (χ1) is 14.2. The van der Waals surface area contributed by atoms with Gasteiger partial charge in [0.15, 0.2) is 0 Å². The molecule has 6 nitrogen and oxygen atoms in total. The Bertz CT molecular complexity index is 1140. The van der Waals surface area contributed by atoms with Gasteiger partial charge in [-0.25, -0.2) is 9.07 Å². The second-order valence-electron chi connectivity index (χ2n) is 6.24. The number of amides is 1. The fraction of sp³-hybridized carbons (Fsp3) is 0.0455. The largest absolute Gasteiger partial charge is 0.495 e. The van der Waals surface area contributed by atoms with E-state index in [1.807, 2.05) is 12.1 Å². The molecule has 1 aromatic heterocycles. The van der Waals surface area contributed by atoms with Crippen molar-refractivity contribution < 1.29 is 13.9 Å². The van der Waals surface area contributed by atoms with Gasteiger partial charge < -0.3 is 10.1 Å². The standard InChI is InChI=1S/C22H17FN4O2/c1-29-21-5-3-2-4-19(21)25-22(28)16-8-12-18(13-9-16)27-20(14-24-26-27)15-6-10-17(23)11-7-15/h2-14H,1H3,(H,25,28). The lowest BCUT2D eigenvalue weighted by molar-refractivity contribution is 0.102. The molecular weight excluding hydrogens is 371 g/mol. The van der Waals surface area contributed by atoms with Gasteiger partial charge in [-0.05, 0) is 60.7 Å². The fourth-order valence-electron chi connectivity index (χ4n) is 2.94. The molecule has 0 aliphatic rings. The summed E-state index contributed by atoms with van der Waals surface area (Å²) in [6, 6.07) is 20.3. The Morgan fingerprint density at radius 3 is 2.45 bits per heavy atom. The Morgan fingerprint density at radius 1 is 1.00 bits per heavy atom. The van der Waals surface area contributed by atoms with Crippen molar-refractivity contribution >= 4 is 11.6 Å². The van der Waals surface area contributed by atoms with E-state index in [0.717, 1.165) is 16.9 Å². The number of halogens is 1. The highest BCUT2D eigenvalue weighted by atomic mass is 19.1. The van der Waals surface area contributed by atoms with Crippen LogP contribution in [0.2, 0.25) is 0 Å². The number of carbonyl (C=O) groups is 1. The summed E-state index contributed by atoms with van der Waals surface area (Å²) in [5, 5.41) is 10.9. The van der Waals surface area contributed by atoms with Crippen LogP contribution >= 0.6 is 0 Å². The van der Waals surface area contributed by atoms with E-state index in [0.29, 0.717) is 17.0 Å². The maximum atomic E-state index is 13.2. The number of para-hydroxylation sites is 2. The summed E-state index contributed by atoms with van der Waals surface area (Å²) in [6.45, 7) is 0. The van der Waals surface area contributed by atoms with Crippen molar-refractivity contribution in [1.82, 2.24) is 15.0 Å². The highest BCUT2D eigenvalue weighted by Gasteiger charge is 2.12. The third-order valence-electron chi connectivity index (χ3n) is 4.42. The molecule has 4 aromatic rings. The van der Waals surface area contributed by atoms with E-state index in [1.165, 1.54) is 12.1 Å². The second-order valence-corrected chi connectivity index (χ2v) is 6.24. The normalized spacial score (nSPS) is 10.6. The average molecular weight is 388 g/mol. The van der Waals surface area contributed by atoms with Crippen LogP contribution in [0.25, 0.3) is 16.9 Å². The zero-order valence-corrected chi connectivity index (χ0v) is 15.5. The number of carbonyl (C=O) groups excluding carboxylic acids is 1. The average Bonchev–Trinajstić information content (AvgIpc) is 3.24. The number of nitrogens with zero attached hydrogens (tertiary/aromatic N) is 3. The van der Waals surface area contributed by atoms with Crippen LogP contribution < -0.4 is 10.1 Å². The fourth-order valence-corrected chi connectivity index (χ4v) is 2.94. The molecule has 7 heteroatoms. The number of rotatable bonds is 5. The van der Waals surface area contributed by atoms with Crippen LogP contribution in [-0.4, -0.2) is 28.0 Å². The molecular formula is C22H17FN4O2.